The van der Waals surface area contributed by atoms with Crippen LogP contribution >= 0.6 is 11.3 Å². The number of nitrogens with zero attached hydrogens (tertiary/aromatic N) is 2. The third-order valence-corrected chi connectivity index (χ3v) is 3.51. The lowest BCUT2D eigenvalue weighted by atomic mass is 10.1. The van der Waals surface area contributed by atoms with Crippen LogP contribution in [-0.2, 0) is 13.6 Å². The third-order valence-electron chi connectivity index (χ3n) is 2.64. The summed E-state index contributed by atoms with van der Waals surface area (Å²) in [6.45, 7) is 3.13. The van der Waals surface area contributed by atoms with Crippen LogP contribution in [0.25, 0.3) is 0 Å². The van der Waals surface area contributed by atoms with Crippen LogP contribution in [0.3, 0.4) is 0 Å². The molecule has 4 heteroatoms. The van der Waals surface area contributed by atoms with Gasteiger partial charge >= 0.3 is 0 Å². The van der Waals surface area contributed by atoms with Crippen molar-refractivity contribution < 1.29 is 0 Å². The molecule has 2 heterocycles. The van der Waals surface area contributed by atoms with Crippen molar-refractivity contribution in [1.29, 1.82) is 0 Å². The molecule has 2 aromatic rings. The van der Waals surface area contributed by atoms with Gasteiger partial charge in [-0.15, -0.1) is 11.3 Å². The molecule has 86 valence electrons. The van der Waals surface area contributed by atoms with E-state index < -0.39 is 0 Å². The first-order chi connectivity index (χ1) is 7.79. The van der Waals surface area contributed by atoms with Gasteiger partial charge in [0.25, 0.3) is 0 Å². The van der Waals surface area contributed by atoms with E-state index in [1.54, 1.807) is 11.3 Å². The minimum atomic E-state index is 0.399. The molecule has 0 aromatic carbocycles. The van der Waals surface area contributed by atoms with E-state index in [1.807, 2.05) is 17.9 Å². The molecule has 0 saturated carbocycles. The Morgan fingerprint density at radius 3 is 3.00 bits per heavy atom. The summed E-state index contributed by atoms with van der Waals surface area (Å²) < 4.78 is 1.85. The molecule has 0 aliphatic carbocycles. The Morgan fingerprint density at radius 1 is 1.56 bits per heavy atom. The van der Waals surface area contributed by atoms with Crippen LogP contribution in [0.2, 0.25) is 0 Å². The normalized spacial score (nSPS) is 12.9. The average Bonchev–Trinajstić information content (AvgIpc) is 2.91. The summed E-state index contributed by atoms with van der Waals surface area (Å²) in [5.74, 6) is 0. The van der Waals surface area contributed by atoms with Gasteiger partial charge in [0.15, 0.2) is 0 Å². The van der Waals surface area contributed by atoms with Crippen molar-refractivity contribution >= 4 is 11.3 Å². The van der Waals surface area contributed by atoms with E-state index in [2.05, 4.69) is 41.0 Å². The molecule has 2 aromatic heterocycles. The molecular formula is C12H17N3S. The maximum absolute atomic E-state index is 4.21. The van der Waals surface area contributed by atoms with Gasteiger partial charge in [0.2, 0.25) is 0 Å². The highest BCUT2D eigenvalue weighted by Crippen LogP contribution is 2.17. The highest BCUT2D eigenvalue weighted by atomic mass is 32.1. The zero-order chi connectivity index (χ0) is 11.4. The van der Waals surface area contributed by atoms with Crippen LogP contribution in [0.5, 0.6) is 0 Å². The zero-order valence-electron chi connectivity index (χ0n) is 9.68. The molecule has 0 spiro atoms. The van der Waals surface area contributed by atoms with Crippen LogP contribution in [0.15, 0.2) is 29.9 Å². The number of hydrogen-bond donors (Lipinski definition) is 1. The number of aromatic nitrogens is 2. The van der Waals surface area contributed by atoms with Crippen LogP contribution < -0.4 is 5.32 Å². The Kier molecular flexibility index (Phi) is 3.74. The summed E-state index contributed by atoms with van der Waals surface area (Å²) in [5, 5.41) is 9.88. The molecule has 0 radical (unpaired) electrons. The first-order valence-corrected chi connectivity index (χ1v) is 6.42. The summed E-state index contributed by atoms with van der Waals surface area (Å²) in [6, 6.07) is 4.65. The van der Waals surface area contributed by atoms with Crippen molar-refractivity contribution in [3.8, 4) is 0 Å². The largest absolute Gasteiger partial charge is 0.305 e. The standard InChI is InChI=1S/C12H17N3S/c1-3-12(10-7-14-15(2)9-10)13-8-11-5-4-6-16-11/h4-7,9,12-13H,3,8H2,1-2H3. The van der Waals surface area contributed by atoms with Crippen molar-refractivity contribution in [1.82, 2.24) is 15.1 Å². The number of aryl methyl sites for hydroxylation is 1. The molecule has 0 saturated heterocycles. The van der Waals surface area contributed by atoms with Crippen LogP contribution in [0.4, 0.5) is 0 Å². The second kappa shape index (κ2) is 5.27. The lowest BCUT2D eigenvalue weighted by Gasteiger charge is -2.14. The molecule has 3 nitrogen and oxygen atoms in total. The maximum atomic E-state index is 4.21. The quantitative estimate of drug-likeness (QED) is 0.863. The van der Waals surface area contributed by atoms with Gasteiger partial charge in [0.05, 0.1) is 6.20 Å². The van der Waals surface area contributed by atoms with Crippen LogP contribution in [-0.4, -0.2) is 9.78 Å². The molecule has 0 amide bonds. The van der Waals surface area contributed by atoms with Gasteiger partial charge in [0, 0.05) is 36.3 Å². The van der Waals surface area contributed by atoms with Gasteiger partial charge in [0.1, 0.15) is 0 Å². The first-order valence-electron chi connectivity index (χ1n) is 5.54. The molecule has 0 aliphatic heterocycles. The van der Waals surface area contributed by atoms with E-state index in [1.165, 1.54) is 10.4 Å². The van der Waals surface area contributed by atoms with Crippen molar-refractivity contribution in [2.75, 3.05) is 0 Å². The number of nitrogens with one attached hydrogen (secondary N) is 1. The molecule has 0 fully saturated rings. The number of thiophene rings is 1. The van der Waals surface area contributed by atoms with E-state index in [-0.39, 0.29) is 0 Å². The summed E-state index contributed by atoms with van der Waals surface area (Å²) >= 11 is 1.79. The highest BCUT2D eigenvalue weighted by Gasteiger charge is 2.10. The van der Waals surface area contributed by atoms with Crippen molar-refractivity contribution in [3.05, 3.63) is 40.3 Å². The molecule has 1 unspecified atom stereocenters. The van der Waals surface area contributed by atoms with E-state index in [0.29, 0.717) is 6.04 Å². The van der Waals surface area contributed by atoms with Gasteiger partial charge in [-0.2, -0.15) is 5.10 Å². The lowest BCUT2D eigenvalue weighted by molar-refractivity contribution is 0.521. The van der Waals surface area contributed by atoms with Gasteiger partial charge in [-0.25, -0.2) is 0 Å². The van der Waals surface area contributed by atoms with Crippen molar-refractivity contribution in [2.45, 2.75) is 25.9 Å². The average molecular weight is 235 g/mol. The smallest absolute Gasteiger partial charge is 0.0537 e. The molecule has 2 rings (SSSR count). The Balaban J connectivity index is 1.96. The topological polar surface area (TPSA) is 29.9 Å². The van der Waals surface area contributed by atoms with Gasteiger partial charge in [-0.3, -0.25) is 4.68 Å². The Bertz CT molecular complexity index is 419. The zero-order valence-corrected chi connectivity index (χ0v) is 10.5. The van der Waals surface area contributed by atoms with Crippen molar-refractivity contribution in [3.63, 3.8) is 0 Å². The van der Waals surface area contributed by atoms with Crippen LogP contribution in [0, 0.1) is 0 Å². The van der Waals surface area contributed by atoms with Crippen LogP contribution in [0.1, 0.15) is 29.8 Å². The second-order valence-electron chi connectivity index (χ2n) is 3.87. The Morgan fingerprint density at radius 2 is 2.44 bits per heavy atom. The first kappa shape index (κ1) is 11.4. The summed E-state index contributed by atoms with van der Waals surface area (Å²) in [6.07, 6.45) is 5.10. The van der Waals surface area contributed by atoms with E-state index in [0.717, 1.165) is 13.0 Å². The van der Waals surface area contributed by atoms with Gasteiger partial charge in [-0.1, -0.05) is 13.0 Å². The molecule has 1 atom stereocenters. The fraction of sp³-hybridized carbons (Fsp3) is 0.417. The van der Waals surface area contributed by atoms with Gasteiger partial charge in [-0.05, 0) is 17.9 Å². The highest BCUT2D eigenvalue weighted by molar-refractivity contribution is 7.09. The Labute approximate surface area is 100 Å². The summed E-state index contributed by atoms with van der Waals surface area (Å²) in [4.78, 5) is 1.38. The molecule has 1 N–H and O–H groups in total. The maximum Gasteiger partial charge on any atom is 0.0537 e. The second-order valence-corrected chi connectivity index (χ2v) is 4.90. The molecule has 0 aliphatic rings. The fourth-order valence-electron chi connectivity index (χ4n) is 1.75. The van der Waals surface area contributed by atoms with E-state index in [9.17, 15) is 0 Å². The minimum Gasteiger partial charge on any atom is -0.305 e. The predicted octanol–water partition coefficient (Wildman–Crippen LogP) is 2.72. The molecular weight excluding hydrogens is 218 g/mol. The van der Waals surface area contributed by atoms with Crippen molar-refractivity contribution in [2.24, 2.45) is 7.05 Å². The summed E-state index contributed by atoms with van der Waals surface area (Å²) in [7, 11) is 1.95. The van der Waals surface area contributed by atoms with Gasteiger partial charge < -0.3 is 5.32 Å². The third kappa shape index (κ3) is 2.71. The Hall–Kier alpha value is -1.13. The summed E-state index contributed by atoms with van der Waals surface area (Å²) in [5.41, 5.74) is 1.27. The minimum absolute atomic E-state index is 0.399. The SMILES string of the molecule is CCC(NCc1cccs1)c1cnn(C)c1. The fourth-order valence-corrected chi connectivity index (χ4v) is 2.41. The molecule has 0 bridgehead atoms. The van der Waals surface area contributed by atoms with E-state index in [4.69, 9.17) is 0 Å². The molecule has 16 heavy (non-hydrogen) atoms. The lowest BCUT2D eigenvalue weighted by Crippen LogP contribution is -2.19. The number of hydrogen-bond acceptors (Lipinski definition) is 3. The monoisotopic (exact) mass is 235 g/mol. The number of rotatable bonds is 5. The van der Waals surface area contributed by atoms with E-state index >= 15 is 0 Å². The predicted molar refractivity (Wildman–Crippen MR) is 67.4 cm³/mol.